The zero-order valence-electron chi connectivity index (χ0n) is 18.9. The van der Waals surface area contributed by atoms with Gasteiger partial charge in [0.2, 0.25) is 5.91 Å². The van der Waals surface area contributed by atoms with Crippen LogP contribution in [0.3, 0.4) is 0 Å². The molecule has 2 aliphatic rings. The number of aryl methyl sites for hydroxylation is 1. The Balaban J connectivity index is 1.71. The van der Waals surface area contributed by atoms with Crippen molar-refractivity contribution in [3.8, 4) is 0 Å². The van der Waals surface area contributed by atoms with E-state index in [1.807, 2.05) is 30.3 Å². The van der Waals surface area contributed by atoms with Crippen LogP contribution in [0.2, 0.25) is 0 Å². The predicted molar refractivity (Wildman–Crippen MR) is 125 cm³/mol. The number of nitrogens with zero attached hydrogens (tertiary/aromatic N) is 1. The number of esters is 1. The second-order valence-corrected chi connectivity index (χ2v) is 9.86. The predicted octanol–water partition coefficient (Wildman–Crippen LogP) is 2.73. The van der Waals surface area contributed by atoms with Gasteiger partial charge in [0.05, 0.1) is 12.6 Å². The van der Waals surface area contributed by atoms with Crippen LogP contribution in [0, 0.1) is 5.41 Å². The van der Waals surface area contributed by atoms with Gasteiger partial charge in [-0.05, 0) is 57.3 Å². The molecule has 1 spiro atoms. The summed E-state index contributed by atoms with van der Waals surface area (Å²) in [5.74, 6) is 0.128. The third kappa shape index (κ3) is 5.64. The summed E-state index contributed by atoms with van der Waals surface area (Å²) in [6, 6.07) is 7.71. The Bertz CT molecular complexity index is 797. The highest BCUT2D eigenvalue weighted by Gasteiger charge is 2.52. The Morgan fingerprint density at radius 1 is 1.28 bits per heavy atom. The number of aliphatic carboxylic acids is 1. The van der Waals surface area contributed by atoms with Crippen molar-refractivity contribution in [3.63, 3.8) is 0 Å². The Morgan fingerprint density at radius 3 is 2.66 bits per heavy atom. The van der Waals surface area contributed by atoms with Crippen LogP contribution in [-0.4, -0.2) is 70.6 Å². The number of thioether (sulfide) groups is 1. The van der Waals surface area contributed by atoms with Gasteiger partial charge in [-0.15, -0.1) is 0 Å². The average molecular weight is 463 g/mol. The van der Waals surface area contributed by atoms with Crippen molar-refractivity contribution in [1.82, 2.24) is 10.2 Å². The lowest BCUT2D eigenvalue weighted by molar-refractivity contribution is -0.160. The number of hydrogen-bond acceptors (Lipinski definition) is 6. The number of amides is 1. The van der Waals surface area contributed by atoms with E-state index in [0.717, 1.165) is 36.3 Å². The van der Waals surface area contributed by atoms with E-state index in [4.69, 9.17) is 4.74 Å². The summed E-state index contributed by atoms with van der Waals surface area (Å²) in [6.07, 6.45) is 3.62. The number of likely N-dealkylation sites (tertiary alicyclic amines) is 1. The molecule has 0 saturated carbocycles. The van der Waals surface area contributed by atoms with E-state index in [1.165, 1.54) is 4.90 Å². The number of benzene rings is 1. The number of carbonyl (C=O) groups is 3. The van der Waals surface area contributed by atoms with Gasteiger partial charge in [0, 0.05) is 17.7 Å². The van der Waals surface area contributed by atoms with Crippen molar-refractivity contribution in [2.75, 3.05) is 24.7 Å². The van der Waals surface area contributed by atoms with Crippen LogP contribution >= 0.6 is 11.8 Å². The molecule has 1 aromatic rings. The number of carboxylic acids is 1. The second-order valence-electron chi connectivity index (χ2n) is 8.76. The first-order chi connectivity index (χ1) is 15.4. The van der Waals surface area contributed by atoms with E-state index in [1.54, 1.807) is 25.6 Å². The minimum Gasteiger partial charge on any atom is -0.480 e. The summed E-state index contributed by atoms with van der Waals surface area (Å²) in [6.45, 7) is 4.16. The van der Waals surface area contributed by atoms with Crippen LogP contribution in [0.1, 0.15) is 45.1 Å². The van der Waals surface area contributed by atoms with Crippen LogP contribution in [-0.2, 0) is 25.5 Å². The first kappa shape index (κ1) is 24.6. The van der Waals surface area contributed by atoms with E-state index >= 15 is 0 Å². The summed E-state index contributed by atoms with van der Waals surface area (Å²) in [4.78, 5) is 39.7. The highest BCUT2D eigenvalue weighted by atomic mass is 32.2. The van der Waals surface area contributed by atoms with Gasteiger partial charge < -0.3 is 14.7 Å². The SMILES string of the molecule is CCOC(=O)C(CCc1ccccc1)N[C@@H](C)C(=O)N1CCCC2(CCSC2)C1C(=O)O. The quantitative estimate of drug-likeness (QED) is 0.545. The number of nitrogens with one attached hydrogen (secondary N) is 1. The van der Waals surface area contributed by atoms with Crippen molar-refractivity contribution in [1.29, 1.82) is 0 Å². The third-order valence-electron chi connectivity index (χ3n) is 6.57. The van der Waals surface area contributed by atoms with E-state index in [9.17, 15) is 19.5 Å². The molecular weight excluding hydrogens is 428 g/mol. The number of carbonyl (C=O) groups excluding carboxylic acids is 2. The van der Waals surface area contributed by atoms with Gasteiger partial charge in [0.25, 0.3) is 0 Å². The maximum Gasteiger partial charge on any atom is 0.327 e. The first-order valence-electron chi connectivity index (χ1n) is 11.5. The van der Waals surface area contributed by atoms with Crippen LogP contribution in [0.15, 0.2) is 30.3 Å². The van der Waals surface area contributed by atoms with Crippen LogP contribution in [0.5, 0.6) is 0 Å². The van der Waals surface area contributed by atoms with Crippen LogP contribution in [0.25, 0.3) is 0 Å². The lowest BCUT2D eigenvalue weighted by Crippen LogP contribution is -2.62. The molecule has 0 bridgehead atoms. The minimum atomic E-state index is -0.932. The molecule has 2 heterocycles. The number of ether oxygens (including phenoxy) is 1. The zero-order chi connectivity index (χ0) is 23.1. The number of carboxylic acid groups (broad SMARTS) is 1. The molecule has 4 atom stereocenters. The van der Waals surface area contributed by atoms with Crippen molar-refractivity contribution in [2.45, 2.75) is 64.1 Å². The maximum absolute atomic E-state index is 13.4. The van der Waals surface area contributed by atoms with Gasteiger partial charge in [-0.25, -0.2) is 4.79 Å². The van der Waals surface area contributed by atoms with Crippen LogP contribution < -0.4 is 5.32 Å². The van der Waals surface area contributed by atoms with E-state index in [0.29, 0.717) is 19.4 Å². The minimum absolute atomic E-state index is 0.262. The number of rotatable bonds is 9. The molecule has 2 fully saturated rings. The lowest BCUT2D eigenvalue weighted by Gasteiger charge is -2.46. The first-order valence-corrected chi connectivity index (χ1v) is 12.6. The second kappa shape index (κ2) is 11.2. The zero-order valence-corrected chi connectivity index (χ0v) is 19.7. The summed E-state index contributed by atoms with van der Waals surface area (Å²) in [7, 11) is 0. The molecule has 0 aromatic heterocycles. The number of piperidine rings is 1. The van der Waals surface area contributed by atoms with Crippen molar-refractivity contribution in [3.05, 3.63) is 35.9 Å². The largest absolute Gasteiger partial charge is 0.480 e. The van der Waals surface area contributed by atoms with Gasteiger partial charge in [-0.3, -0.25) is 14.9 Å². The fourth-order valence-electron chi connectivity index (χ4n) is 4.96. The van der Waals surface area contributed by atoms with Crippen molar-refractivity contribution >= 4 is 29.6 Å². The molecule has 1 amide bonds. The van der Waals surface area contributed by atoms with Crippen molar-refractivity contribution < 1.29 is 24.2 Å². The Hall–Kier alpha value is -2.06. The number of hydrogen-bond donors (Lipinski definition) is 2. The van der Waals surface area contributed by atoms with Gasteiger partial charge in [-0.2, -0.15) is 11.8 Å². The normalized spacial score (nSPS) is 24.8. The smallest absolute Gasteiger partial charge is 0.327 e. The third-order valence-corrected chi connectivity index (χ3v) is 7.85. The molecule has 2 aliphatic heterocycles. The Kier molecular flexibility index (Phi) is 8.59. The molecular formula is C24H34N2O5S. The molecule has 1 aromatic carbocycles. The van der Waals surface area contributed by atoms with E-state index in [-0.39, 0.29) is 23.9 Å². The molecule has 32 heavy (non-hydrogen) atoms. The molecule has 3 unspecified atom stereocenters. The summed E-state index contributed by atoms with van der Waals surface area (Å²) in [5.41, 5.74) is 0.753. The fourth-order valence-corrected chi connectivity index (χ4v) is 6.50. The Morgan fingerprint density at radius 2 is 2.03 bits per heavy atom. The van der Waals surface area contributed by atoms with Gasteiger partial charge in [-0.1, -0.05) is 30.3 Å². The lowest BCUT2D eigenvalue weighted by atomic mass is 9.72. The van der Waals surface area contributed by atoms with E-state index in [2.05, 4.69) is 5.32 Å². The maximum atomic E-state index is 13.4. The molecule has 0 aliphatic carbocycles. The monoisotopic (exact) mass is 462 g/mol. The highest BCUT2D eigenvalue weighted by Crippen LogP contribution is 2.47. The molecule has 7 nitrogen and oxygen atoms in total. The summed E-state index contributed by atoms with van der Waals surface area (Å²) < 4.78 is 5.23. The van der Waals surface area contributed by atoms with Gasteiger partial charge in [0.15, 0.2) is 0 Å². The van der Waals surface area contributed by atoms with Crippen LogP contribution in [0.4, 0.5) is 0 Å². The van der Waals surface area contributed by atoms with Gasteiger partial charge in [0.1, 0.15) is 12.1 Å². The fraction of sp³-hybridized carbons (Fsp3) is 0.625. The topological polar surface area (TPSA) is 95.9 Å². The average Bonchev–Trinajstić information content (AvgIpc) is 3.24. The standard InChI is InChI=1S/C24H34N2O5S/c1-3-31-23(30)19(11-10-18-8-5-4-6-9-18)25-17(2)21(27)26-14-7-12-24(13-15-32-16-24)20(26)22(28)29/h4-6,8-9,17,19-20,25H,3,7,10-16H2,1-2H3,(H,28,29)/t17-,19?,20?,24?/m0/s1. The van der Waals surface area contributed by atoms with Crippen molar-refractivity contribution in [2.24, 2.45) is 5.41 Å². The molecule has 2 saturated heterocycles. The molecule has 2 N–H and O–H groups in total. The molecule has 3 rings (SSSR count). The van der Waals surface area contributed by atoms with E-state index < -0.39 is 24.1 Å². The Labute approximate surface area is 194 Å². The molecule has 0 radical (unpaired) electrons. The van der Waals surface area contributed by atoms with Gasteiger partial charge >= 0.3 is 11.9 Å². The molecule has 176 valence electrons. The summed E-state index contributed by atoms with van der Waals surface area (Å²) >= 11 is 1.77. The molecule has 8 heteroatoms. The summed E-state index contributed by atoms with van der Waals surface area (Å²) in [5, 5.41) is 13.2. The highest BCUT2D eigenvalue weighted by molar-refractivity contribution is 7.99.